The first-order valence-electron chi connectivity index (χ1n) is 6.85. The number of benzene rings is 2. The normalized spacial score (nSPS) is 12.7. The minimum Gasteiger partial charge on any atom is -0.306 e. The summed E-state index contributed by atoms with van der Waals surface area (Å²) in [5.41, 5.74) is 2.49. The summed E-state index contributed by atoms with van der Waals surface area (Å²) in [4.78, 5) is 0. The van der Waals surface area contributed by atoms with Crippen molar-refractivity contribution in [1.82, 2.24) is 5.32 Å². The lowest BCUT2D eigenvalue weighted by Gasteiger charge is -2.20. The first kappa shape index (κ1) is 15.0. The number of rotatable bonds is 4. The average Bonchev–Trinajstić information content (AvgIpc) is 2.96. The van der Waals surface area contributed by atoms with Crippen molar-refractivity contribution in [2.24, 2.45) is 0 Å². The van der Waals surface area contributed by atoms with Crippen molar-refractivity contribution in [3.8, 4) is 0 Å². The molecule has 1 nitrogen and oxygen atoms in total. The molecule has 3 rings (SSSR count). The number of hydrogen-bond donors (Lipinski definition) is 1. The van der Waals surface area contributed by atoms with Crippen LogP contribution in [0.5, 0.6) is 0 Å². The Balaban J connectivity index is 2.13. The molecule has 108 valence electrons. The second-order valence-corrected chi connectivity index (χ2v) is 7.03. The Bertz CT molecular complexity index is 768. The fourth-order valence-electron chi connectivity index (χ4n) is 2.55. The van der Waals surface area contributed by atoms with E-state index in [1.807, 2.05) is 12.1 Å². The van der Waals surface area contributed by atoms with Gasteiger partial charge in [-0.25, -0.2) is 0 Å². The van der Waals surface area contributed by atoms with Crippen LogP contribution in [0.2, 0.25) is 5.02 Å². The molecule has 0 spiro atoms. The van der Waals surface area contributed by atoms with Crippen molar-refractivity contribution in [3.05, 3.63) is 68.5 Å². The highest BCUT2D eigenvalue weighted by molar-refractivity contribution is 9.10. The molecule has 21 heavy (non-hydrogen) atoms. The smallest absolute Gasteiger partial charge is 0.0591 e. The summed E-state index contributed by atoms with van der Waals surface area (Å²) in [6.07, 6.45) is 0. The van der Waals surface area contributed by atoms with Gasteiger partial charge in [-0.1, -0.05) is 42.8 Å². The fraction of sp³-hybridized carbons (Fsp3) is 0.176. The molecule has 4 heteroatoms. The van der Waals surface area contributed by atoms with Crippen molar-refractivity contribution in [3.63, 3.8) is 0 Å². The van der Waals surface area contributed by atoms with Gasteiger partial charge >= 0.3 is 0 Å². The Morgan fingerprint density at radius 1 is 1.24 bits per heavy atom. The SMILES string of the molecule is CCNC(c1ccc(Br)c(Cl)c1)c1cccc2ccsc12. The third-order valence-corrected chi connectivity index (χ3v) is 5.72. The Morgan fingerprint density at radius 3 is 2.86 bits per heavy atom. The lowest BCUT2D eigenvalue weighted by Crippen LogP contribution is -2.22. The number of hydrogen-bond acceptors (Lipinski definition) is 2. The summed E-state index contributed by atoms with van der Waals surface area (Å²) in [6, 6.07) is 15.0. The molecular weight excluding hydrogens is 366 g/mol. The van der Waals surface area contributed by atoms with Crippen molar-refractivity contribution in [2.75, 3.05) is 6.54 Å². The summed E-state index contributed by atoms with van der Waals surface area (Å²) < 4.78 is 2.26. The molecule has 3 aromatic rings. The summed E-state index contributed by atoms with van der Waals surface area (Å²) in [7, 11) is 0. The molecular formula is C17H15BrClNS. The lowest BCUT2D eigenvalue weighted by molar-refractivity contribution is 0.635. The van der Waals surface area contributed by atoms with Gasteiger partial charge in [0.05, 0.1) is 11.1 Å². The highest BCUT2D eigenvalue weighted by Gasteiger charge is 2.17. The Morgan fingerprint density at radius 2 is 2.10 bits per heavy atom. The number of fused-ring (bicyclic) bond motifs is 1. The quantitative estimate of drug-likeness (QED) is 0.584. The Kier molecular flexibility index (Phi) is 4.65. The molecule has 0 fully saturated rings. The monoisotopic (exact) mass is 379 g/mol. The Labute approximate surface area is 142 Å². The standard InChI is InChI=1S/C17H15BrClNS/c1-2-20-16(12-6-7-14(18)15(19)10-12)13-5-3-4-11-8-9-21-17(11)13/h3-10,16,20H,2H2,1H3. The minimum absolute atomic E-state index is 0.156. The van der Waals surface area contributed by atoms with Gasteiger partial charge in [0.1, 0.15) is 0 Å². The highest BCUT2D eigenvalue weighted by Crippen LogP contribution is 2.34. The number of nitrogens with one attached hydrogen (secondary N) is 1. The maximum atomic E-state index is 6.27. The summed E-state index contributed by atoms with van der Waals surface area (Å²) in [5, 5.41) is 7.76. The van der Waals surface area contributed by atoms with Crippen molar-refractivity contribution in [1.29, 1.82) is 0 Å². The number of thiophene rings is 1. The molecule has 1 unspecified atom stereocenters. The first-order valence-corrected chi connectivity index (χ1v) is 8.90. The van der Waals surface area contributed by atoms with Crippen LogP contribution < -0.4 is 5.32 Å². The van der Waals surface area contributed by atoms with Gasteiger partial charge in [-0.2, -0.15) is 0 Å². The Hall–Kier alpha value is -0.870. The molecule has 0 saturated carbocycles. The molecule has 0 amide bonds. The van der Waals surface area contributed by atoms with Gasteiger partial charge in [0.2, 0.25) is 0 Å². The molecule has 0 aliphatic carbocycles. The third kappa shape index (κ3) is 3.02. The highest BCUT2D eigenvalue weighted by atomic mass is 79.9. The average molecular weight is 381 g/mol. The first-order chi connectivity index (χ1) is 10.2. The van der Waals surface area contributed by atoms with E-state index in [0.717, 1.165) is 16.0 Å². The van der Waals surface area contributed by atoms with E-state index >= 15 is 0 Å². The maximum Gasteiger partial charge on any atom is 0.0591 e. The van der Waals surface area contributed by atoms with Crippen molar-refractivity contribution >= 4 is 49.0 Å². The van der Waals surface area contributed by atoms with Crippen LogP contribution in [0, 0.1) is 0 Å². The van der Waals surface area contributed by atoms with Crippen LogP contribution in [-0.2, 0) is 0 Å². The predicted molar refractivity (Wildman–Crippen MR) is 96.5 cm³/mol. The zero-order chi connectivity index (χ0) is 14.8. The van der Waals surface area contributed by atoms with E-state index in [2.05, 4.69) is 63.9 Å². The van der Waals surface area contributed by atoms with Crippen molar-refractivity contribution < 1.29 is 0 Å². The van der Waals surface area contributed by atoms with Crippen LogP contribution >= 0.6 is 38.9 Å². The van der Waals surface area contributed by atoms with Gasteiger partial charge in [-0.15, -0.1) is 11.3 Å². The molecule has 1 atom stereocenters. The third-order valence-electron chi connectivity index (χ3n) is 3.51. The largest absolute Gasteiger partial charge is 0.306 e. The van der Waals surface area contributed by atoms with Gasteiger partial charge in [0, 0.05) is 9.17 Å². The maximum absolute atomic E-state index is 6.27. The second-order valence-electron chi connectivity index (χ2n) is 4.85. The van der Waals surface area contributed by atoms with E-state index in [1.54, 1.807) is 11.3 Å². The van der Waals surface area contributed by atoms with E-state index in [0.29, 0.717) is 0 Å². The molecule has 0 aliphatic heterocycles. The second kappa shape index (κ2) is 6.49. The van der Waals surface area contributed by atoms with Crippen LogP contribution in [0.3, 0.4) is 0 Å². The van der Waals surface area contributed by atoms with Gasteiger partial charge < -0.3 is 5.32 Å². The molecule has 0 bridgehead atoms. The summed E-state index contributed by atoms with van der Waals surface area (Å²) in [5.74, 6) is 0. The molecule has 1 heterocycles. The van der Waals surface area contributed by atoms with Crippen LogP contribution in [-0.4, -0.2) is 6.54 Å². The van der Waals surface area contributed by atoms with Crippen LogP contribution in [0.15, 0.2) is 52.3 Å². The molecule has 0 saturated heterocycles. The topological polar surface area (TPSA) is 12.0 Å². The molecule has 2 aromatic carbocycles. The van der Waals surface area contributed by atoms with E-state index < -0.39 is 0 Å². The van der Waals surface area contributed by atoms with E-state index in [4.69, 9.17) is 11.6 Å². The fourth-order valence-corrected chi connectivity index (χ4v) is 3.93. The number of halogens is 2. The zero-order valence-corrected chi connectivity index (χ0v) is 14.7. The van der Waals surface area contributed by atoms with Gasteiger partial charge in [0.15, 0.2) is 0 Å². The van der Waals surface area contributed by atoms with E-state index in [-0.39, 0.29) is 6.04 Å². The minimum atomic E-state index is 0.156. The van der Waals surface area contributed by atoms with Gasteiger partial charge in [-0.05, 0) is 62.6 Å². The van der Waals surface area contributed by atoms with E-state index in [1.165, 1.54) is 21.2 Å². The zero-order valence-electron chi connectivity index (χ0n) is 11.6. The van der Waals surface area contributed by atoms with Gasteiger partial charge in [-0.3, -0.25) is 0 Å². The lowest BCUT2D eigenvalue weighted by atomic mass is 9.97. The summed E-state index contributed by atoms with van der Waals surface area (Å²) in [6.45, 7) is 3.03. The van der Waals surface area contributed by atoms with Crippen LogP contribution in [0.25, 0.3) is 10.1 Å². The predicted octanol–water partition coefficient (Wildman–Crippen LogP) is 6.02. The molecule has 1 N–H and O–H groups in total. The summed E-state index contributed by atoms with van der Waals surface area (Å²) >= 11 is 11.5. The molecule has 0 radical (unpaired) electrons. The van der Waals surface area contributed by atoms with Gasteiger partial charge in [0.25, 0.3) is 0 Å². The molecule has 0 aliphatic rings. The van der Waals surface area contributed by atoms with Crippen molar-refractivity contribution in [2.45, 2.75) is 13.0 Å². The van der Waals surface area contributed by atoms with Crippen LogP contribution in [0.4, 0.5) is 0 Å². The molecule has 1 aromatic heterocycles. The van der Waals surface area contributed by atoms with Crippen LogP contribution in [0.1, 0.15) is 24.1 Å². The van der Waals surface area contributed by atoms with E-state index in [9.17, 15) is 0 Å².